The number of carboxylic acids is 1. The highest BCUT2D eigenvalue weighted by Crippen LogP contribution is 2.30. The molecule has 118 valence electrons. The van der Waals surface area contributed by atoms with Crippen molar-refractivity contribution in [2.75, 3.05) is 13.2 Å². The van der Waals surface area contributed by atoms with Crippen molar-refractivity contribution in [3.05, 3.63) is 28.8 Å². The standard InChI is InChI=1S/C16H24ClNO3/c1-5-8-18-11(2)13-9-12(17)6-7-14(13)21-10-16(3,4)15(19)20/h6-7,9,11,18H,5,8,10H2,1-4H3,(H,19,20). The first kappa shape index (κ1) is 17.8. The summed E-state index contributed by atoms with van der Waals surface area (Å²) in [5.74, 6) is -0.208. The second-order valence-electron chi connectivity index (χ2n) is 5.84. The normalized spacial score (nSPS) is 13.0. The van der Waals surface area contributed by atoms with Crippen molar-refractivity contribution < 1.29 is 14.6 Å². The number of hydrogen-bond donors (Lipinski definition) is 2. The van der Waals surface area contributed by atoms with Crippen molar-refractivity contribution in [3.63, 3.8) is 0 Å². The number of aliphatic carboxylic acids is 1. The predicted molar refractivity (Wildman–Crippen MR) is 85.1 cm³/mol. The van der Waals surface area contributed by atoms with Gasteiger partial charge >= 0.3 is 5.97 Å². The summed E-state index contributed by atoms with van der Waals surface area (Å²) in [4.78, 5) is 11.1. The Bertz CT molecular complexity index is 488. The third-order valence-corrected chi connectivity index (χ3v) is 3.54. The zero-order valence-electron chi connectivity index (χ0n) is 13.1. The van der Waals surface area contributed by atoms with Gasteiger partial charge in [0.25, 0.3) is 0 Å². The first-order chi connectivity index (χ1) is 9.77. The van der Waals surface area contributed by atoms with E-state index in [1.165, 1.54) is 0 Å². The molecule has 1 unspecified atom stereocenters. The number of carboxylic acid groups (broad SMARTS) is 1. The summed E-state index contributed by atoms with van der Waals surface area (Å²) in [7, 11) is 0. The van der Waals surface area contributed by atoms with Crippen LogP contribution >= 0.6 is 11.6 Å². The third-order valence-electron chi connectivity index (χ3n) is 3.31. The minimum atomic E-state index is -0.934. The van der Waals surface area contributed by atoms with Crippen LogP contribution < -0.4 is 10.1 Å². The fraction of sp³-hybridized carbons (Fsp3) is 0.562. The molecule has 0 aliphatic carbocycles. The highest BCUT2D eigenvalue weighted by atomic mass is 35.5. The van der Waals surface area contributed by atoms with Crippen LogP contribution in [0.15, 0.2) is 18.2 Å². The molecule has 1 aromatic rings. The fourth-order valence-electron chi connectivity index (χ4n) is 1.78. The highest BCUT2D eigenvalue weighted by molar-refractivity contribution is 6.30. The summed E-state index contributed by atoms with van der Waals surface area (Å²) in [5, 5.41) is 13.2. The average Bonchev–Trinajstić information content (AvgIpc) is 2.43. The Hall–Kier alpha value is -1.26. The van der Waals surface area contributed by atoms with E-state index in [0.717, 1.165) is 18.5 Å². The van der Waals surface area contributed by atoms with Gasteiger partial charge < -0.3 is 15.2 Å². The number of benzene rings is 1. The second kappa shape index (κ2) is 7.66. The van der Waals surface area contributed by atoms with E-state index in [-0.39, 0.29) is 12.6 Å². The Morgan fingerprint density at radius 1 is 1.48 bits per heavy atom. The molecule has 4 nitrogen and oxygen atoms in total. The van der Waals surface area contributed by atoms with Gasteiger partial charge in [0.2, 0.25) is 0 Å². The van der Waals surface area contributed by atoms with Gasteiger partial charge in [0, 0.05) is 16.6 Å². The van der Waals surface area contributed by atoms with Gasteiger partial charge in [-0.15, -0.1) is 0 Å². The summed E-state index contributed by atoms with van der Waals surface area (Å²) in [6.45, 7) is 8.43. The molecule has 0 bridgehead atoms. The molecule has 21 heavy (non-hydrogen) atoms. The number of nitrogens with one attached hydrogen (secondary N) is 1. The fourth-order valence-corrected chi connectivity index (χ4v) is 1.96. The third kappa shape index (κ3) is 5.21. The van der Waals surface area contributed by atoms with Crippen molar-refractivity contribution in [2.45, 2.75) is 40.2 Å². The maximum absolute atomic E-state index is 11.1. The largest absolute Gasteiger partial charge is 0.492 e. The van der Waals surface area contributed by atoms with Gasteiger partial charge in [-0.3, -0.25) is 4.79 Å². The van der Waals surface area contributed by atoms with E-state index >= 15 is 0 Å². The lowest BCUT2D eigenvalue weighted by molar-refractivity contribution is -0.148. The molecule has 0 saturated heterocycles. The molecule has 0 fully saturated rings. The van der Waals surface area contributed by atoms with Gasteiger partial charge in [-0.25, -0.2) is 0 Å². The van der Waals surface area contributed by atoms with Gasteiger partial charge in [-0.2, -0.15) is 0 Å². The van der Waals surface area contributed by atoms with E-state index in [2.05, 4.69) is 12.2 Å². The summed E-state index contributed by atoms with van der Waals surface area (Å²) < 4.78 is 5.74. The highest BCUT2D eigenvalue weighted by Gasteiger charge is 2.28. The Labute approximate surface area is 131 Å². The van der Waals surface area contributed by atoms with Gasteiger partial charge in [-0.1, -0.05) is 18.5 Å². The predicted octanol–water partition coefficient (Wildman–Crippen LogP) is 3.89. The Balaban J connectivity index is 2.89. The lowest BCUT2D eigenvalue weighted by atomic mass is 9.95. The second-order valence-corrected chi connectivity index (χ2v) is 6.27. The minimum absolute atomic E-state index is 0.0894. The molecule has 1 atom stereocenters. The first-order valence-corrected chi connectivity index (χ1v) is 7.54. The van der Waals surface area contributed by atoms with Crippen LogP contribution in [0.1, 0.15) is 45.7 Å². The van der Waals surface area contributed by atoms with Crippen LogP contribution in [0.25, 0.3) is 0 Å². The topological polar surface area (TPSA) is 58.6 Å². The zero-order valence-corrected chi connectivity index (χ0v) is 13.8. The Kier molecular flexibility index (Phi) is 6.49. The van der Waals surface area contributed by atoms with Gasteiger partial charge in [0.1, 0.15) is 12.4 Å². The zero-order chi connectivity index (χ0) is 16.0. The summed E-state index contributed by atoms with van der Waals surface area (Å²) in [6, 6.07) is 5.49. The summed E-state index contributed by atoms with van der Waals surface area (Å²) in [6.07, 6.45) is 1.03. The maximum Gasteiger partial charge on any atom is 0.312 e. The van der Waals surface area contributed by atoms with Crippen LogP contribution in [0.5, 0.6) is 5.75 Å². The molecule has 0 spiro atoms. The molecule has 0 aromatic heterocycles. The number of rotatable bonds is 8. The SMILES string of the molecule is CCCNC(C)c1cc(Cl)ccc1OCC(C)(C)C(=O)O. The summed E-state index contributed by atoms with van der Waals surface area (Å²) in [5.41, 5.74) is 0.00825. The molecule has 0 saturated carbocycles. The van der Waals surface area contributed by atoms with Gasteiger partial charge in [0.15, 0.2) is 0 Å². The Morgan fingerprint density at radius 2 is 2.14 bits per heavy atom. The van der Waals surface area contributed by atoms with Crippen LogP contribution in [0.3, 0.4) is 0 Å². The van der Waals surface area contributed by atoms with E-state index in [9.17, 15) is 4.79 Å². The molecule has 0 heterocycles. The van der Waals surface area contributed by atoms with Crippen molar-refractivity contribution in [1.29, 1.82) is 0 Å². The molecule has 1 rings (SSSR count). The average molecular weight is 314 g/mol. The summed E-state index contributed by atoms with van der Waals surface area (Å²) >= 11 is 6.06. The number of ether oxygens (including phenoxy) is 1. The van der Waals surface area contributed by atoms with E-state index in [1.807, 2.05) is 13.0 Å². The van der Waals surface area contributed by atoms with Crippen LogP contribution in [0, 0.1) is 5.41 Å². The van der Waals surface area contributed by atoms with Crippen LogP contribution in [0.4, 0.5) is 0 Å². The molecule has 0 aliphatic heterocycles. The van der Waals surface area contributed by atoms with Crippen LogP contribution in [0.2, 0.25) is 5.02 Å². The van der Waals surface area contributed by atoms with E-state index in [4.69, 9.17) is 21.4 Å². The van der Waals surface area contributed by atoms with Gasteiger partial charge in [0.05, 0.1) is 5.41 Å². The molecular formula is C16H24ClNO3. The minimum Gasteiger partial charge on any atom is -0.492 e. The number of hydrogen-bond acceptors (Lipinski definition) is 3. The molecule has 5 heteroatoms. The van der Waals surface area contributed by atoms with Crippen molar-refractivity contribution >= 4 is 17.6 Å². The van der Waals surface area contributed by atoms with E-state index in [1.54, 1.807) is 26.0 Å². The monoisotopic (exact) mass is 313 g/mol. The lowest BCUT2D eigenvalue weighted by Crippen LogP contribution is -2.31. The lowest BCUT2D eigenvalue weighted by Gasteiger charge is -2.23. The Morgan fingerprint density at radius 3 is 2.71 bits per heavy atom. The van der Waals surface area contributed by atoms with E-state index < -0.39 is 11.4 Å². The van der Waals surface area contributed by atoms with Crippen molar-refractivity contribution in [3.8, 4) is 5.75 Å². The molecular weight excluding hydrogens is 290 g/mol. The molecule has 0 radical (unpaired) electrons. The molecule has 0 aliphatic rings. The van der Waals surface area contributed by atoms with Crippen molar-refractivity contribution in [2.24, 2.45) is 5.41 Å². The van der Waals surface area contributed by atoms with Crippen LogP contribution in [-0.4, -0.2) is 24.2 Å². The smallest absolute Gasteiger partial charge is 0.312 e. The van der Waals surface area contributed by atoms with E-state index in [0.29, 0.717) is 10.8 Å². The van der Waals surface area contributed by atoms with Crippen molar-refractivity contribution in [1.82, 2.24) is 5.32 Å². The molecule has 2 N–H and O–H groups in total. The van der Waals surface area contributed by atoms with Gasteiger partial charge in [-0.05, 0) is 51.9 Å². The number of carbonyl (C=O) groups is 1. The molecule has 0 amide bonds. The first-order valence-electron chi connectivity index (χ1n) is 7.17. The van der Waals surface area contributed by atoms with Crippen LogP contribution in [-0.2, 0) is 4.79 Å². The maximum atomic E-state index is 11.1. The number of halogens is 1. The molecule has 1 aromatic carbocycles. The quantitative estimate of drug-likeness (QED) is 0.764.